The van der Waals surface area contributed by atoms with Gasteiger partial charge in [-0.2, -0.15) is 0 Å². The second-order valence-corrected chi connectivity index (χ2v) is 8.64. The number of aliphatic hydroxyl groups excluding tert-OH is 1. The fraction of sp³-hybridized carbons (Fsp3) is 0.250. The summed E-state index contributed by atoms with van der Waals surface area (Å²) in [5.74, 6) is -0.987. The third-order valence-corrected chi connectivity index (χ3v) is 5.95. The Balaban J connectivity index is 1.82. The lowest BCUT2D eigenvalue weighted by Gasteiger charge is -2.26. The first-order valence-electron chi connectivity index (χ1n) is 11.6. The number of rotatable bonds is 8. The molecule has 1 fully saturated rings. The van der Waals surface area contributed by atoms with Crippen LogP contribution in [0.25, 0.3) is 5.76 Å². The van der Waals surface area contributed by atoms with Crippen LogP contribution in [0.5, 0.6) is 5.75 Å². The zero-order chi connectivity index (χ0) is 24.9. The number of pyridine rings is 1. The summed E-state index contributed by atoms with van der Waals surface area (Å²) in [4.78, 5) is 34.0. The lowest BCUT2D eigenvalue weighted by Crippen LogP contribution is -2.29. The molecule has 180 valence electrons. The number of ketones is 1. The Labute approximate surface area is 205 Å². The Morgan fingerprint density at radius 3 is 2.43 bits per heavy atom. The number of carbonyl (C=O) groups excluding carboxylic acids is 2. The molecular formula is C28H29N3O4. The number of carbonyl (C=O) groups is 2. The average molecular weight is 472 g/mol. The molecule has 4 rings (SSSR count). The van der Waals surface area contributed by atoms with Crippen LogP contribution >= 0.6 is 0 Å². The van der Waals surface area contributed by atoms with E-state index >= 15 is 0 Å². The molecule has 1 amide bonds. The number of aliphatic hydroxyl groups is 1. The molecule has 2 heterocycles. The number of anilines is 1. The quantitative estimate of drug-likeness (QED) is 0.295. The van der Waals surface area contributed by atoms with E-state index in [1.165, 1.54) is 4.90 Å². The number of likely N-dealkylation sites (tertiary alicyclic amines) is 1. The number of Topliss-reactive ketones (excluding diaryl/α,β-unsaturated/α-hetero) is 1. The highest BCUT2D eigenvalue weighted by Gasteiger charge is 2.46. The van der Waals surface area contributed by atoms with Crippen molar-refractivity contribution in [2.45, 2.75) is 25.9 Å². The van der Waals surface area contributed by atoms with Crippen molar-refractivity contribution in [3.63, 3.8) is 0 Å². The predicted molar refractivity (Wildman–Crippen MR) is 135 cm³/mol. The Morgan fingerprint density at radius 2 is 1.77 bits per heavy atom. The summed E-state index contributed by atoms with van der Waals surface area (Å²) in [5, 5.41) is 11.3. The van der Waals surface area contributed by atoms with E-state index in [0.29, 0.717) is 17.9 Å². The number of amides is 1. The van der Waals surface area contributed by atoms with Crippen molar-refractivity contribution in [2.24, 2.45) is 0 Å². The lowest BCUT2D eigenvalue weighted by atomic mass is 9.95. The van der Waals surface area contributed by atoms with Crippen LogP contribution in [-0.2, 0) is 16.1 Å². The van der Waals surface area contributed by atoms with Gasteiger partial charge in [-0.25, -0.2) is 0 Å². The topological polar surface area (TPSA) is 83.0 Å². The van der Waals surface area contributed by atoms with E-state index in [1.54, 1.807) is 48.8 Å². The number of nitrogens with zero attached hydrogens (tertiary/aromatic N) is 3. The average Bonchev–Trinajstić information content (AvgIpc) is 3.12. The fourth-order valence-corrected chi connectivity index (χ4v) is 4.14. The summed E-state index contributed by atoms with van der Waals surface area (Å²) in [6.07, 6.45) is 4.14. The second kappa shape index (κ2) is 10.4. The first-order valence-corrected chi connectivity index (χ1v) is 11.6. The van der Waals surface area contributed by atoms with Gasteiger partial charge in [0.15, 0.2) is 0 Å². The van der Waals surface area contributed by atoms with Crippen LogP contribution in [0.2, 0.25) is 0 Å². The van der Waals surface area contributed by atoms with Crippen LogP contribution in [0.1, 0.15) is 36.1 Å². The van der Waals surface area contributed by atoms with Gasteiger partial charge in [-0.3, -0.25) is 14.6 Å². The van der Waals surface area contributed by atoms with E-state index in [2.05, 4.69) is 4.98 Å². The Kier molecular flexibility index (Phi) is 7.15. The summed E-state index contributed by atoms with van der Waals surface area (Å²) in [7, 11) is 3.89. The first-order chi connectivity index (χ1) is 16.9. The number of ether oxygens (including phenoxy) is 1. The van der Waals surface area contributed by atoms with Gasteiger partial charge in [-0.05, 0) is 53.9 Å². The Bertz CT molecular complexity index is 1240. The molecule has 7 heteroatoms. The summed E-state index contributed by atoms with van der Waals surface area (Å²) >= 11 is 0. The molecule has 1 saturated heterocycles. The summed E-state index contributed by atoms with van der Waals surface area (Å²) < 4.78 is 5.70. The van der Waals surface area contributed by atoms with Gasteiger partial charge >= 0.3 is 0 Å². The summed E-state index contributed by atoms with van der Waals surface area (Å²) in [5.41, 5.74) is 3.06. The normalized spacial score (nSPS) is 17.0. The van der Waals surface area contributed by atoms with Crippen LogP contribution in [0, 0.1) is 0 Å². The monoisotopic (exact) mass is 471 g/mol. The lowest BCUT2D eigenvalue weighted by molar-refractivity contribution is -0.140. The van der Waals surface area contributed by atoms with E-state index in [-0.39, 0.29) is 17.9 Å². The molecule has 1 N–H and O–H groups in total. The van der Waals surface area contributed by atoms with Crippen LogP contribution in [0.3, 0.4) is 0 Å². The van der Waals surface area contributed by atoms with Crippen molar-refractivity contribution < 1.29 is 19.4 Å². The minimum Gasteiger partial charge on any atom is -0.507 e. The molecule has 2 aromatic carbocycles. The smallest absolute Gasteiger partial charge is 0.295 e. The minimum atomic E-state index is -0.736. The molecule has 1 atom stereocenters. The van der Waals surface area contributed by atoms with E-state index in [9.17, 15) is 14.7 Å². The van der Waals surface area contributed by atoms with Crippen LogP contribution in [-0.4, -0.2) is 47.4 Å². The first kappa shape index (κ1) is 24.0. The molecule has 3 aromatic rings. The number of benzene rings is 2. The zero-order valence-electron chi connectivity index (χ0n) is 20.1. The standard InChI is InChI=1S/C28H29N3O4/c1-4-16-35-23-7-5-6-21(17-23)26(32)24-25(20-8-10-22(11-9-20)30(2)3)31(28(34)27(24)33)18-19-12-14-29-15-13-19/h5-15,17,25,32H,4,16,18H2,1-3H3/b26-24-. The Morgan fingerprint density at radius 1 is 1.06 bits per heavy atom. The van der Waals surface area contributed by atoms with Gasteiger partial charge in [0, 0.05) is 44.3 Å². The van der Waals surface area contributed by atoms with Crippen LogP contribution < -0.4 is 9.64 Å². The van der Waals surface area contributed by atoms with Crippen molar-refractivity contribution >= 4 is 23.1 Å². The third-order valence-electron chi connectivity index (χ3n) is 5.95. The summed E-state index contributed by atoms with van der Waals surface area (Å²) in [6.45, 7) is 2.76. The van der Waals surface area contributed by atoms with Crippen molar-refractivity contribution in [3.05, 3.63) is 95.3 Å². The highest BCUT2D eigenvalue weighted by molar-refractivity contribution is 6.46. The second-order valence-electron chi connectivity index (χ2n) is 8.64. The highest BCUT2D eigenvalue weighted by atomic mass is 16.5. The molecule has 7 nitrogen and oxygen atoms in total. The van der Waals surface area contributed by atoms with Gasteiger partial charge < -0.3 is 19.6 Å². The van der Waals surface area contributed by atoms with E-state index in [4.69, 9.17) is 4.74 Å². The number of hydrogen-bond donors (Lipinski definition) is 1. The van der Waals surface area contributed by atoms with Gasteiger partial charge in [0.05, 0.1) is 18.2 Å². The van der Waals surface area contributed by atoms with Crippen molar-refractivity contribution in [2.75, 3.05) is 25.6 Å². The van der Waals surface area contributed by atoms with Crippen LogP contribution in [0.15, 0.2) is 78.6 Å². The van der Waals surface area contributed by atoms with E-state index < -0.39 is 17.7 Å². The molecule has 35 heavy (non-hydrogen) atoms. The maximum atomic E-state index is 13.3. The van der Waals surface area contributed by atoms with Gasteiger partial charge in [0.25, 0.3) is 11.7 Å². The van der Waals surface area contributed by atoms with Gasteiger partial charge in [0.1, 0.15) is 11.5 Å². The van der Waals surface area contributed by atoms with E-state index in [0.717, 1.165) is 23.2 Å². The van der Waals surface area contributed by atoms with Gasteiger partial charge in [-0.1, -0.05) is 31.2 Å². The maximum absolute atomic E-state index is 13.3. The highest BCUT2D eigenvalue weighted by Crippen LogP contribution is 2.41. The third kappa shape index (κ3) is 5.04. The molecule has 0 saturated carbocycles. The van der Waals surface area contributed by atoms with Crippen LogP contribution in [0.4, 0.5) is 5.69 Å². The molecule has 1 unspecified atom stereocenters. The number of hydrogen-bond acceptors (Lipinski definition) is 6. The molecule has 0 spiro atoms. The fourth-order valence-electron chi connectivity index (χ4n) is 4.14. The van der Waals surface area contributed by atoms with Gasteiger partial charge in [-0.15, -0.1) is 0 Å². The largest absolute Gasteiger partial charge is 0.507 e. The Hall–Kier alpha value is -4.13. The van der Waals surface area contributed by atoms with E-state index in [1.807, 2.05) is 50.2 Å². The maximum Gasteiger partial charge on any atom is 0.295 e. The molecule has 1 aromatic heterocycles. The summed E-state index contributed by atoms with van der Waals surface area (Å²) in [6, 6.07) is 17.5. The van der Waals surface area contributed by atoms with Crippen molar-refractivity contribution in [3.8, 4) is 5.75 Å². The molecule has 0 radical (unpaired) electrons. The van der Waals surface area contributed by atoms with Crippen molar-refractivity contribution in [1.82, 2.24) is 9.88 Å². The predicted octanol–water partition coefficient (Wildman–Crippen LogP) is 4.56. The molecular weight excluding hydrogens is 442 g/mol. The molecule has 1 aliphatic heterocycles. The van der Waals surface area contributed by atoms with Crippen molar-refractivity contribution in [1.29, 1.82) is 0 Å². The number of aromatic nitrogens is 1. The SMILES string of the molecule is CCCOc1cccc(/C(O)=C2/C(=O)C(=O)N(Cc3ccncc3)C2c2ccc(N(C)C)cc2)c1. The minimum absolute atomic E-state index is 0.0642. The molecule has 0 aliphatic carbocycles. The molecule has 0 bridgehead atoms. The molecule has 1 aliphatic rings. The van der Waals surface area contributed by atoms with Gasteiger partial charge in [0.2, 0.25) is 0 Å². The zero-order valence-corrected chi connectivity index (χ0v) is 20.1.